The van der Waals surface area contributed by atoms with Gasteiger partial charge in [-0.05, 0) is 93.4 Å². The Hall–Kier alpha value is -0.120. The molecule has 3 nitrogen and oxygen atoms in total. The summed E-state index contributed by atoms with van der Waals surface area (Å²) in [6.07, 6.45) is 13.8. The van der Waals surface area contributed by atoms with Gasteiger partial charge in [-0.25, -0.2) is 0 Å². The summed E-state index contributed by atoms with van der Waals surface area (Å²) >= 11 is 0. The molecule has 5 fully saturated rings. The lowest BCUT2D eigenvalue weighted by molar-refractivity contribution is -0.0744. The van der Waals surface area contributed by atoms with E-state index < -0.39 is 0 Å². The van der Waals surface area contributed by atoms with Gasteiger partial charge < -0.3 is 14.7 Å². The second kappa shape index (κ2) is 7.86. The Kier molecular flexibility index (Phi) is 5.74. The van der Waals surface area contributed by atoms with Crippen molar-refractivity contribution >= 4 is 0 Å². The summed E-state index contributed by atoms with van der Waals surface area (Å²) in [4.78, 5) is 2.45. The SMILES string of the molecule is CC[C@H]1CCCN(C[C@H](O)COCCC23CC4CC(CC(C4)C2)C3)C1. The molecule has 0 spiro atoms. The third-order valence-electron chi connectivity index (χ3n) is 7.90. The Morgan fingerprint density at radius 3 is 2.44 bits per heavy atom. The minimum Gasteiger partial charge on any atom is -0.389 e. The van der Waals surface area contributed by atoms with Crippen LogP contribution in [0, 0.1) is 29.1 Å². The van der Waals surface area contributed by atoms with Crippen molar-refractivity contribution in [3.8, 4) is 0 Å². The molecule has 25 heavy (non-hydrogen) atoms. The molecule has 0 aromatic rings. The zero-order valence-electron chi connectivity index (χ0n) is 16.3. The molecule has 144 valence electrons. The molecular formula is C22H39NO2. The number of ether oxygens (including phenoxy) is 1. The van der Waals surface area contributed by atoms with E-state index in [4.69, 9.17) is 4.74 Å². The molecule has 1 N–H and O–H groups in total. The number of nitrogens with zero attached hydrogens (tertiary/aromatic N) is 1. The van der Waals surface area contributed by atoms with Crippen LogP contribution in [0.5, 0.6) is 0 Å². The van der Waals surface area contributed by atoms with Crippen LogP contribution in [0.2, 0.25) is 0 Å². The number of likely N-dealkylation sites (tertiary alicyclic amines) is 1. The molecule has 1 saturated heterocycles. The molecule has 4 saturated carbocycles. The van der Waals surface area contributed by atoms with Crippen LogP contribution in [0.1, 0.15) is 71.1 Å². The third kappa shape index (κ3) is 4.42. The molecule has 0 aromatic carbocycles. The normalized spacial score (nSPS) is 42.0. The van der Waals surface area contributed by atoms with Crippen LogP contribution in [0.15, 0.2) is 0 Å². The van der Waals surface area contributed by atoms with Crippen molar-refractivity contribution < 1.29 is 9.84 Å². The molecule has 5 aliphatic rings. The highest BCUT2D eigenvalue weighted by atomic mass is 16.5. The van der Waals surface area contributed by atoms with Gasteiger partial charge in [0.2, 0.25) is 0 Å². The second-order valence-corrected chi connectivity index (χ2v) is 10.1. The largest absolute Gasteiger partial charge is 0.389 e. The molecule has 0 radical (unpaired) electrons. The van der Waals surface area contributed by atoms with E-state index in [1.54, 1.807) is 0 Å². The Morgan fingerprint density at radius 1 is 1.12 bits per heavy atom. The summed E-state index contributed by atoms with van der Waals surface area (Å²) in [6.45, 7) is 6.80. The smallest absolute Gasteiger partial charge is 0.0900 e. The summed E-state index contributed by atoms with van der Waals surface area (Å²) in [6, 6.07) is 0. The van der Waals surface area contributed by atoms with Crippen LogP contribution in [0.4, 0.5) is 0 Å². The number of β-amino-alcohol motifs (C(OH)–C–C–N with tert-alkyl or cyclic N) is 1. The molecule has 3 heteroatoms. The van der Waals surface area contributed by atoms with Crippen LogP contribution >= 0.6 is 0 Å². The molecule has 4 aliphatic carbocycles. The standard InChI is InChI=1S/C22H39NO2/c1-2-17-4-3-6-23(14-17)15-21(24)16-25-7-5-22-11-18-8-19(12-22)10-20(9-18)13-22/h17-21,24H,2-16H2,1H3/t17-,18?,19?,20?,21-,22?/m0/s1. The van der Waals surface area contributed by atoms with Crippen LogP contribution in [-0.2, 0) is 4.74 Å². The predicted molar refractivity (Wildman–Crippen MR) is 102 cm³/mol. The van der Waals surface area contributed by atoms with Gasteiger partial charge in [0.15, 0.2) is 0 Å². The maximum Gasteiger partial charge on any atom is 0.0900 e. The first-order valence-electron chi connectivity index (χ1n) is 11.1. The van der Waals surface area contributed by atoms with Gasteiger partial charge in [0, 0.05) is 19.7 Å². The lowest BCUT2D eigenvalue weighted by Gasteiger charge is -2.57. The average molecular weight is 350 g/mol. The molecular weight excluding hydrogens is 310 g/mol. The molecule has 2 atom stereocenters. The van der Waals surface area contributed by atoms with Gasteiger partial charge in [0.25, 0.3) is 0 Å². The van der Waals surface area contributed by atoms with E-state index in [-0.39, 0.29) is 6.10 Å². The topological polar surface area (TPSA) is 32.7 Å². The number of aliphatic hydroxyl groups is 1. The molecule has 1 aliphatic heterocycles. The average Bonchev–Trinajstić information content (AvgIpc) is 2.58. The Labute approximate surface area is 154 Å². The number of hydrogen-bond donors (Lipinski definition) is 1. The summed E-state index contributed by atoms with van der Waals surface area (Å²) < 4.78 is 5.95. The Morgan fingerprint density at radius 2 is 1.80 bits per heavy atom. The maximum absolute atomic E-state index is 10.4. The van der Waals surface area contributed by atoms with Gasteiger partial charge in [0.1, 0.15) is 0 Å². The number of piperidine rings is 1. The monoisotopic (exact) mass is 349 g/mol. The van der Waals surface area contributed by atoms with E-state index >= 15 is 0 Å². The van der Waals surface area contributed by atoms with Crippen molar-refractivity contribution in [2.75, 3.05) is 32.8 Å². The first-order valence-corrected chi connectivity index (χ1v) is 11.1. The zero-order chi connectivity index (χ0) is 17.3. The fourth-order valence-electron chi connectivity index (χ4n) is 7.11. The van der Waals surface area contributed by atoms with Crippen molar-refractivity contribution in [1.29, 1.82) is 0 Å². The summed E-state index contributed by atoms with van der Waals surface area (Å²) in [5, 5.41) is 10.4. The summed E-state index contributed by atoms with van der Waals surface area (Å²) in [7, 11) is 0. The van der Waals surface area contributed by atoms with E-state index in [0.717, 1.165) is 43.4 Å². The van der Waals surface area contributed by atoms with E-state index in [2.05, 4.69) is 11.8 Å². The van der Waals surface area contributed by atoms with Crippen molar-refractivity contribution in [2.45, 2.75) is 77.2 Å². The van der Waals surface area contributed by atoms with Crippen LogP contribution in [0.25, 0.3) is 0 Å². The molecule has 1 heterocycles. The molecule has 0 unspecified atom stereocenters. The van der Waals surface area contributed by atoms with Crippen LogP contribution < -0.4 is 0 Å². The molecule has 0 aromatic heterocycles. The van der Waals surface area contributed by atoms with Gasteiger partial charge in [-0.3, -0.25) is 0 Å². The predicted octanol–water partition coefficient (Wildman–Crippen LogP) is 4.09. The minimum atomic E-state index is -0.313. The highest BCUT2D eigenvalue weighted by Gasteiger charge is 2.50. The van der Waals surface area contributed by atoms with Gasteiger partial charge in [-0.15, -0.1) is 0 Å². The number of hydrogen-bond acceptors (Lipinski definition) is 3. The minimum absolute atomic E-state index is 0.313. The van der Waals surface area contributed by atoms with E-state index in [9.17, 15) is 5.11 Å². The van der Waals surface area contributed by atoms with E-state index in [1.807, 2.05) is 0 Å². The number of rotatable bonds is 8. The molecule has 0 amide bonds. The Bertz CT molecular complexity index is 402. The first-order chi connectivity index (χ1) is 12.1. The highest BCUT2D eigenvalue weighted by molar-refractivity contribution is 5.01. The fourth-order valence-corrected chi connectivity index (χ4v) is 7.11. The molecule has 4 bridgehead atoms. The quantitative estimate of drug-likeness (QED) is 0.670. The second-order valence-electron chi connectivity index (χ2n) is 10.1. The van der Waals surface area contributed by atoms with Crippen molar-refractivity contribution in [1.82, 2.24) is 4.90 Å². The van der Waals surface area contributed by atoms with Gasteiger partial charge >= 0.3 is 0 Å². The highest BCUT2D eigenvalue weighted by Crippen LogP contribution is 2.61. The first kappa shape index (κ1) is 18.3. The third-order valence-corrected chi connectivity index (χ3v) is 7.90. The summed E-state index contributed by atoms with van der Waals surface area (Å²) in [5.41, 5.74) is 0.612. The number of aliphatic hydroxyl groups excluding tert-OH is 1. The zero-order valence-corrected chi connectivity index (χ0v) is 16.3. The van der Waals surface area contributed by atoms with Crippen LogP contribution in [0.3, 0.4) is 0 Å². The van der Waals surface area contributed by atoms with E-state index in [1.165, 1.54) is 70.8 Å². The Balaban J connectivity index is 1.15. The van der Waals surface area contributed by atoms with Gasteiger partial charge in [0.05, 0.1) is 12.7 Å². The van der Waals surface area contributed by atoms with Crippen molar-refractivity contribution in [2.24, 2.45) is 29.1 Å². The van der Waals surface area contributed by atoms with Gasteiger partial charge in [-0.2, -0.15) is 0 Å². The van der Waals surface area contributed by atoms with Crippen molar-refractivity contribution in [3.63, 3.8) is 0 Å². The molecule has 5 rings (SSSR count). The van der Waals surface area contributed by atoms with Crippen LogP contribution in [-0.4, -0.2) is 49.0 Å². The fraction of sp³-hybridized carbons (Fsp3) is 1.00. The maximum atomic E-state index is 10.4. The summed E-state index contributed by atoms with van der Waals surface area (Å²) in [5.74, 6) is 3.92. The van der Waals surface area contributed by atoms with E-state index in [0.29, 0.717) is 12.0 Å². The lowest BCUT2D eigenvalue weighted by atomic mass is 9.49. The lowest BCUT2D eigenvalue weighted by Crippen LogP contribution is -2.46. The van der Waals surface area contributed by atoms with Gasteiger partial charge in [-0.1, -0.05) is 13.3 Å². The van der Waals surface area contributed by atoms with Crippen molar-refractivity contribution in [3.05, 3.63) is 0 Å².